The molecule has 6 N–H and O–H groups in total. The number of benzene rings is 1. The van der Waals surface area contributed by atoms with Gasteiger partial charge in [0.15, 0.2) is 17.2 Å². The van der Waals surface area contributed by atoms with E-state index in [1.54, 1.807) is 0 Å². The molecular weight excluding hydrogens is 583 g/mol. The number of aromatic nitrogens is 5. The summed E-state index contributed by atoms with van der Waals surface area (Å²) in [5.41, 5.74) is 4.69. The molecule has 5 rings (SSSR count). The number of halogens is 4. The zero-order valence-electron chi connectivity index (χ0n) is 21.7. The molecule has 0 aliphatic heterocycles. The Morgan fingerprint density at radius 2 is 2.02 bits per heavy atom. The summed E-state index contributed by atoms with van der Waals surface area (Å²) in [5.74, 6) is -1.25. The maximum atomic E-state index is 13.4. The third-order valence-corrected chi connectivity index (χ3v) is 7.02. The van der Waals surface area contributed by atoms with Crippen LogP contribution in [0.25, 0.3) is 16.9 Å². The molecule has 1 atom stereocenters. The zero-order valence-corrected chi connectivity index (χ0v) is 22.5. The van der Waals surface area contributed by atoms with Gasteiger partial charge < -0.3 is 26.4 Å². The first-order valence-corrected chi connectivity index (χ1v) is 12.8. The molecule has 4 aromatic rings. The first kappa shape index (κ1) is 28.8. The molecular formula is C25H23ClF3N9O4. The van der Waals surface area contributed by atoms with Crippen LogP contribution in [0, 0.1) is 0 Å². The number of H-pyrrole nitrogens is 1. The van der Waals surface area contributed by atoms with Crippen molar-refractivity contribution in [3.8, 4) is 17.0 Å². The maximum Gasteiger partial charge on any atom is 0.433 e. The Bertz CT molecular complexity index is 1670. The number of nitrogens with zero attached hydrogens (tertiary/aromatic N) is 4. The Labute approximate surface area is 240 Å². The highest BCUT2D eigenvalue weighted by atomic mass is 35.5. The lowest BCUT2D eigenvalue weighted by molar-refractivity contribution is -0.140. The first-order chi connectivity index (χ1) is 20.0. The van der Waals surface area contributed by atoms with Crippen molar-refractivity contribution >= 4 is 47.0 Å². The number of carbonyl (C=O) groups excluding carboxylic acids is 3. The van der Waals surface area contributed by atoms with E-state index in [0.29, 0.717) is 12.8 Å². The molecule has 1 saturated carbocycles. The van der Waals surface area contributed by atoms with Crippen molar-refractivity contribution in [1.29, 1.82) is 0 Å². The van der Waals surface area contributed by atoms with Gasteiger partial charge in [0, 0.05) is 24.5 Å². The van der Waals surface area contributed by atoms with E-state index in [4.69, 9.17) is 22.1 Å². The van der Waals surface area contributed by atoms with Crippen molar-refractivity contribution in [2.75, 3.05) is 5.32 Å². The van der Waals surface area contributed by atoms with Crippen molar-refractivity contribution in [1.82, 2.24) is 35.2 Å². The van der Waals surface area contributed by atoms with Gasteiger partial charge in [-0.3, -0.25) is 23.9 Å². The summed E-state index contributed by atoms with van der Waals surface area (Å²) in [4.78, 5) is 45.1. The van der Waals surface area contributed by atoms with Crippen LogP contribution in [0.2, 0.25) is 5.02 Å². The van der Waals surface area contributed by atoms with E-state index in [1.165, 1.54) is 42.0 Å². The minimum Gasteiger partial charge on any atom is -0.425 e. The van der Waals surface area contributed by atoms with Crippen LogP contribution >= 0.6 is 11.6 Å². The quantitative estimate of drug-likeness (QED) is 0.179. The minimum absolute atomic E-state index is 0.0405. The van der Waals surface area contributed by atoms with Crippen LogP contribution < -0.4 is 26.4 Å². The highest BCUT2D eigenvalue weighted by molar-refractivity contribution is 6.36. The number of nitrogens with one attached hydrogen (secondary N) is 4. The van der Waals surface area contributed by atoms with Crippen LogP contribution in [0.4, 0.5) is 24.7 Å². The SMILES string of the molecule is C[C@@H](NC(=O)c1ccc(Nc2nccn3c(-c4cn[nH]c4C(F)(F)F)cnc23)c(OC=O)c1Cl)C(=O)NC1CC(N)C1. The van der Waals surface area contributed by atoms with E-state index in [1.807, 2.05) is 5.10 Å². The number of imidazole rings is 1. The van der Waals surface area contributed by atoms with Gasteiger partial charge in [-0.1, -0.05) is 11.6 Å². The number of rotatable bonds is 9. The second-order valence-electron chi connectivity index (χ2n) is 9.54. The smallest absolute Gasteiger partial charge is 0.425 e. The van der Waals surface area contributed by atoms with E-state index in [2.05, 4.69) is 31.0 Å². The van der Waals surface area contributed by atoms with Crippen LogP contribution in [-0.2, 0) is 15.8 Å². The average molecular weight is 606 g/mol. The number of alkyl halides is 3. The lowest BCUT2D eigenvalue weighted by atomic mass is 9.87. The van der Waals surface area contributed by atoms with Gasteiger partial charge in [-0.25, -0.2) is 9.97 Å². The molecule has 0 unspecified atom stereocenters. The predicted molar refractivity (Wildman–Crippen MR) is 143 cm³/mol. The van der Waals surface area contributed by atoms with E-state index in [-0.39, 0.29) is 63.3 Å². The molecule has 1 aliphatic carbocycles. The van der Waals surface area contributed by atoms with Gasteiger partial charge in [0.2, 0.25) is 5.91 Å². The monoisotopic (exact) mass is 605 g/mol. The van der Waals surface area contributed by atoms with Gasteiger partial charge >= 0.3 is 6.18 Å². The number of amides is 2. The van der Waals surface area contributed by atoms with Gasteiger partial charge in [-0.2, -0.15) is 18.3 Å². The van der Waals surface area contributed by atoms with Crippen molar-refractivity contribution in [2.45, 2.75) is 44.1 Å². The Kier molecular flexibility index (Phi) is 7.74. The fourth-order valence-corrected chi connectivity index (χ4v) is 4.76. The number of hydrogen-bond acceptors (Lipinski definition) is 9. The Hall–Kier alpha value is -4.70. The normalized spacial score (nSPS) is 17.3. The molecule has 0 radical (unpaired) electrons. The van der Waals surface area contributed by atoms with Crippen molar-refractivity contribution < 1.29 is 32.3 Å². The van der Waals surface area contributed by atoms with Gasteiger partial charge in [-0.15, -0.1) is 0 Å². The van der Waals surface area contributed by atoms with Crippen LogP contribution in [0.3, 0.4) is 0 Å². The second-order valence-corrected chi connectivity index (χ2v) is 9.92. The molecule has 3 aromatic heterocycles. The molecule has 1 aliphatic rings. The number of ether oxygens (including phenoxy) is 1. The molecule has 17 heteroatoms. The average Bonchev–Trinajstić information content (AvgIpc) is 3.57. The fraction of sp³-hybridized carbons (Fsp3) is 0.280. The Balaban J connectivity index is 1.40. The summed E-state index contributed by atoms with van der Waals surface area (Å²) < 4.78 is 46.7. The van der Waals surface area contributed by atoms with Gasteiger partial charge in [0.1, 0.15) is 11.7 Å². The van der Waals surface area contributed by atoms with Gasteiger partial charge in [0.05, 0.1) is 39.9 Å². The first-order valence-electron chi connectivity index (χ1n) is 12.5. The number of fused-ring (bicyclic) bond motifs is 1. The number of anilines is 2. The molecule has 0 bridgehead atoms. The van der Waals surface area contributed by atoms with Crippen molar-refractivity contribution in [3.63, 3.8) is 0 Å². The third-order valence-electron chi connectivity index (χ3n) is 6.65. The number of carbonyl (C=O) groups is 3. The van der Waals surface area contributed by atoms with Crippen LogP contribution in [0.5, 0.6) is 5.75 Å². The maximum absolute atomic E-state index is 13.4. The molecule has 3 heterocycles. The van der Waals surface area contributed by atoms with E-state index >= 15 is 0 Å². The number of hydrogen-bond donors (Lipinski definition) is 5. The predicted octanol–water partition coefficient (Wildman–Crippen LogP) is 2.79. The molecule has 2 amide bonds. The van der Waals surface area contributed by atoms with Gasteiger partial charge in [-0.05, 0) is 31.9 Å². The van der Waals surface area contributed by atoms with Gasteiger partial charge in [0.25, 0.3) is 12.4 Å². The molecule has 220 valence electrons. The number of nitrogens with two attached hydrogens (primary N) is 1. The zero-order chi connectivity index (χ0) is 30.2. The Morgan fingerprint density at radius 1 is 1.26 bits per heavy atom. The topological polar surface area (TPSA) is 181 Å². The molecule has 13 nitrogen and oxygen atoms in total. The fourth-order valence-electron chi connectivity index (χ4n) is 4.47. The minimum atomic E-state index is -4.68. The largest absolute Gasteiger partial charge is 0.433 e. The molecule has 1 fully saturated rings. The van der Waals surface area contributed by atoms with E-state index in [9.17, 15) is 27.6 Å². The van der Waals surface area contributed by atoms with Crippen LogP contribution in [0.1, 0.15) is 35.8 Å². The van der Waals surface area contributed by atoms with Crippen LogP contribution in [0.15, 0.2) is 36.9 Å². The lowest BCUT2D eigenvalue weighted by Gasteiger charge is -2.33. The van der Waals surface area contributed by atoms with E-state index in [0.717, 1.165) is 6.20 Å². The van der Waals surface area contributed by atoms with Crippen LogP contribution in [-0.4, -0.2) is 61.0 Å². The summed E-state index contributed by atoms with van der Waals surface area (Å²) >= 11 is 6.44. The summed E-state index contributed by atoms with van der Waals surface area (Å²) in [6.45, 7) is 1.61. The van der Waals surface area contributed by atoms with Crippen molar-refractivity contribution in [3.05, 3.63) is 53.2 Å². The molecule has 42 heavy (non-hydrogen) atoms. The Morgan fingerprint density at radius 3 is 2.71 bits per heavy atom. The molecule has 0 saturated heterocycles. The molecule has 1 aromatic carbocycles. The van der Waals surface area contributed by atoms with E-state index < -0.39 is 29.7 Å². The second kappa shape index (κ2) is 11.3. The summed E-state index contributed by atoms with van der Waals surface area (Å²) in [5, 5.41) is 13.5. The highest BCUT2D eigenvalue weighted by Gasteiger charge is 2.37. The third kappa shape index (κ3) is 5.58. The summed E-state index contributed by atoms with van der Waals surface area (Å²) in [7, 11) is 0. The lowest BCUT2D eigenvalue weighted by Crippen LogP contribution is -2.54. The van der Waals surface area contributed by atoms with Crippen molar-refractivity contribution in [2.24, 2.45) is 5.73 Å². The number of aromatic amines is 1. The summed E-state index contributed by atoms with van der Waals surface area (Å²) in [6, 6.07) is 1.81. The highest BCUT2D eigenvalue weighted by Crippen LogP contribution is 2.39. The summed E-state index contributed by atoms with van der Waals surface area (Å²) in [6.07, 6.45) is 1.62. The standard InChI is InChI=1S/C25H23ClF3N9O4/c1-11(23(40)35-13-6-12(30)7-13)34-24(41)14-2-3-16(19(18(14)26)42-10-39)36-21-22-32-9-17(38(22)5-4-31-21)15-8-33-37-20(15)25(27,28)29/h2-5,8-13H,6-7,30H2,1H3,(H,31,36)(H,33,37)(H,34,41)(H,35,40)/t11-,12?,13?/m1/s1. The molecule has 0 spiro atoms.